The van der Waals surface area contributed by atoms with E-state index in [1.54, 1.807) is 0 Å². The first kappa shape index (κ1) is 22.0. The number of fused-ring (bicyclic) bond motifs is 1. The van der Waals surface area contributed by atoms with Crippen LogP contribution in [0, 0.1) is 11.6 Å². The van der Waals surface area contributed by atoms with Crippen LogP contribution in [0.25, 0.3) is 22.2 Å². The number of piperidine rings is 1. The lowest BCUT2D eigenvalue weighted by atomic mass is 10.0. The molecule has 4 rings (SSSR count). The van der Waals surface area contributed by atoms with Gasteiger partial charge in [0, 0.05) is 36.3 Å². The number of aromatic carboxylic acids is 1. The maximum Gasteiger partial charge on any atom is 0.336 e. The zero-order valence-corrected chi connectivity index (χ0v) is 17.7. The minimum atomic E-state index is -3.26. The summed E-state index contributed by atoms with van der Waals surface area (Å²) in [5.41, 5.74) is -0.460. The van der Waals surface area contributed by atoms with Crippen LogP contribution >= 0.6 is 0 Å². The van der Waals surface area contributed by atoms with E-state index in [1.165, 1.54) is 22.6 Å². The van der Waals surface area contributed by atoms with Crippen molar-refractivity contribution < 1.29 is 27.1 Å². The maximum atomic E-state index is 14.6. The van der Waals surface area contributed by atoms with Crippen LogP contribution in [0.5, 0.6) is 0 Å². The molecule has 1 fully saturated rings. The first-order chi connectivity index (χ1) is 15.1. The summed E-state index contributed by atoms with van der Waals surface area (Å²) < 4.78 is 53.8. The van der Waals surface area contributed by atoms with E-state index in [4.69, 9.17) is 0 Å². The number of nitrogens with zero attached hydrogens (tertiary/aromatic N) is 4. The molecule has 1 aromatic carbocycles. The van der Waals surface area contributed by atoms with Gasteiger partial charge in [-0.15, -0.1) is 0 Å². The van der Waals surface area contributed by atoms with Crippen LogP contribution in [0.1, 0.15) is 23.2 Å². The minimum absolute atomic E-state index is 0.0238. The summed E-state index contributed by atoms with van der Waals surface area (Å²) in [6.45, 7) is 0.677. The van der Waals surface area contributed by atoms with E-state index in [1.807, 2.05) is 0 Å². The van der Waals surface area contributed by atoms with Crippen molar-refractivity contribution >= 4 is 32.8 Å². The first-order valence-electron chi connectivity index (χ1n) is 9.69. The van der Waals surface area contributed by atoms with Crippen molar-refractivity contribution in [3.8, 4) is 11.3 Å². The fourth-order valence-corrected chi connectivity index (χ4v) is 4.56. The Hall–Kier alpha value is -3.25. The Labute approximate surface area is 182 Å². The number of aromatic nitrogens is 3. The van der Waals surface area contributed by atoms with Gasteiger partial charge in [-0.2, -0.15) is 0 Å². The maximum absolute atomic E-state index is 14.6. The molecule has 3 heterocycles. The molecule has 0 bridgehead atoms. The molecule has 2 aromatic heterocycles. The number of rotatable bonds is 5. The summed E-state index contributed by atoms with van der Waals surface area (Å²) in [5, 5.41) is 12.5. The molecule has 1 aliphatic heterocycles. The van der Waals surface area contributed by atoms with E-state index >= 15 is 0 Å². The highest BCUT2D eigenvalue weighted by atomic mass is 32.2. The molecule has 1 saturated heterocycles. The molecule has 0 radical (unpaired) electrons. The Morgan fingerprint density at radius 2 is 1.91 bits per heavy atom. The summed E-state index contributed by atoms with van der Waals surface area (Å²) in [6, 6.07) is 3.48. The van der Waals surface area contributed by atoms with Crippen molar-refractivity contribution in [2.45, 2.75) is 18.9 Å². The van der Waals surface area contributed by atoms with Crippen LogP contribution in [0.3, 0.4) is 0 Å². The van der Waals surface area contributed by atoms with E-state index in [0.717, 1.165) is 18.5 Å². The molecule has 2 N–H and O–H groups in total. The molecular formula is C20H19F2N5O4S. The third-order valence-electron chi connectivity index (χ3n) is 5.30. The summed E-state index contributed by atoms with van der Waals surface area (Å²) >= 11 is 0. The monoisotopic (exact) mass is 463 g/mol. The van der Waals surface area contributed by atoms with Gasteiger partial charge in [-0.05, 0) is 31.0 Å². The highest BCUT2D eigenvalue weighted by Gasteiger charge is 2.25. The van der Waals surface area contributed by atoms with Gasteiger partial charge in [0.2, 0.25) is 16.0 Å². The van der Waals surface area contributed by atoms with E-state index in [9.17, 15) is 27.1 Å². The zero-order valence-electron chi connectivity index (χ0n) is 16.9. The van der Waals surface area contributed by atoms with Crippen LogP contribution in [-0.2, 0) is 10.0 Å². The summed E-state index contributed by atoms with van der Waals surface area (Å²) in [5.74, 6) is -2.77. The lowest BCUT2D eigenvalue weighted by molar-refractivity contribution is 0.0699. The quantitative estimate of drug-likeness (QED) is 0.591. The number of carboxylic acids is 1. The van der Waals surface area contributed by atoms with Crippen LogP contribution < -0.4 is 5.32 Å². The summed E-state index contributed by atoms with van der Waals surface area (Å²) in [6.07, 6.45) is 4.32. The first-order valence-corrected chi connectivity index (χ1v) is 11.5. The fraction of sp³-hybridized carbons (Fsp3) is 0.300. The van der Waals surface area contributed by atoms with Crippen LogP contribution in [-0.4, -0.2) is 64.1 Å². The number of hydrogen-bond donors (Lipinski definition) is 2. The Morgan fingerprint density at radius 3 is 2.56 bits per heavy atom. The highest BCUT2D eigenvalue weighted by molar-refractivity contribution is 7.88. The third-order valence-corrected chi connectivity index (χ3v) is 6.61. The number of nitrogens with one attached hydrogen (secondary N) is 1. The number of anilines is 1. The van der Waals surface area contributed by atoms with E-state index < -0.39 is 27.6 Å². The Bertz CT molecular complexity index is 1310. The molecule has 0 saturated carbocycles. The standard InChI is InChI=1S/C20H19F2N5O4S/c1-32(30,31)27-6-3-12(4-7-27)25-20-24-10-16(22)17(26-20)11-8-14-13(19(28)29)2-5-23-18(14)15(21)9-11/h2,5,8-10,12H,3-4,6-7H2,1H3,(H,28,29)(H,24,25,26). The molecule has 32 heavy (non-hydrogen) atoms. The van der Waals surface area contributed by atoms with E-state index in [-0.39, 0.29) is 39.7 Å². The topological polar surface area (TPSA) is 125 Å². The normalized spacial score (nSPS) is 15.7. The fourth-order valence-electron chi connectivity index (χ4n) is 3.69. The highest BCUT2D eigenvalue weighted by Crippen LogP contribution is 2.29. The second-order valence-corrected chi connectivity index (χ2v) is 9.47. The van der Waals surface area contributed by atoms with Gasteiger partial charge in [0.1, 0.15) is 17.0 Å². The van der Waals surface area contributed by atoms with Crippen molar-refractivity contribution in [3.63, 3.8) is 0 Å². The number of benzene rings is 1. The predicted octanol–water partition coefficient (Wildman–Crippen LogP) is 2.50. The van der Waals surface area contributed by atoms with Crippen molar-refractivity contribution in [1.29, 1.82) is 0 Å². The average molecular weight is 463 g/mol. The number of pyridine rings is 1. The molecule has 3 aromatic rings. The summed E-state index contributed by atoms with van der Waals surface area (Å²) in [7, 11) is -3.26. The lowest BCUT2D eigenvalue weighted by Crippen LogP contribution is -2.42. The Kier molecular flexibility index (Phi) is 5.73. The van der Waals surface area contributed by atoms with Crippen molar-refractivity contribution in [3.05, 3.63) is 47.8 Å². The van der Waals surface area contributed by atoms with Gasteiger partial charge in [-0.1, -0.05) is 0 Å². The number of hydrogen-bond acceptors (Lipinski definition) is 7. The summed E-state index contributed by atoms with van der Waals surface area (Å²) in [4.78, 5) is 23.5. The van der Waals surface area contributed by atoms with Gasteiger partial charge in [0.05, 0.1) is 18.0 Å². The molecule has 0 aliphatic carbocycles. The van der Waals surface area contributed by atoms with Gasteiger partial charge in [0.25, 0.3) is 0 Å². The molecule has 1 aliphatic rings. The molecule has 0 unspecified atom stereocenters. The molecule has 12 heteroatoms. The zero-order chi connectivity index (χ0) is 23.0. The molecule has 0 spiro atoms. The number of carbonyl (C=O) groups is 1. The van der Waals surface area contributed by atoms with Gasteiger partial charge in [0.15, 0.2) is 5.82 Å². The van der Waals surface area contributed by atoms with Crippen molar-refractivity contribution in [1.82, 2.24) is 19.3 Å². The SMILES string of the molecule is CS(=O)(=O)N1CCC(Nc2ncc(F)c(-c3cc(F)c4nccc(C(=O)O)c4c3)n2)CC1. The second-order valence-electron chi connectivity index (χ2n) is 7.49. The molecule has 0 amide bonds. The third kappa shape index (κ3) is 4.36. The van der Waals surface area contributed by atoms with Crippen LogP contribution in [0.2, 0.25) is 0 Å². The average Bonchev–Trinajstić information content (AvgIpc) is 2.74. The van der Waals surface area contributed by atoms with Crippen molar-refractivity contribution in [2.24, 2.45) is 0 Å². The number of sulfonamides is 1. The number of halogens is 2. The van der Waals surface area contributed by atoms with Crippen molar-refractivity contribution in [2.75, 3.05) is 24.7 Å². The Balaban J connectivity index is 1.64. The molecular weight excluding hydrogens is 444 g/mol. The number of carboxylic acid groups (broad SMARTS) is 1. The van der Waals surface area contributed by atoms with Gasteiger partial charge in [-0.25, -0.2) is 36.3 Å². The van der Waals surface area contributed by atoms with Gasteiger partial charge in [-0.3, -0.25) is 4.98 Å². The Morgan fingerprint density at radius 1 is 1.19 bits per heavy atom. The van der Waals surface area contributed by atoms with Gasteiger partial charge >= 0.3 is 5.97 Å². The molecule has 0 atom stereocenters. The largest absolute Gasteiger partial charge is 0.478 e. The van der Waals surface area contributed by atoms with E-state index in [2.05, 4.69) is 20.3 Å². The van der Waals surface area contributed by atoms with Crippen LogP contribution in [0.15, 0.2) is 30.6 Å². The predicted molar refractivity (Wildman–Crippen MR) is 113 cm³/mol. The molecule has 9 nitrogen and oxygen atoms in total. The lowest BCUT2D eigenvalue weighted by Gasteiger charge is -2.30. The van der Waals surface area contributed by atoms with E-state index in [0.29, 0.717) is 25.9 Å². The minimum Gasteiger partial charge on any atom is -0.478 e. The smallest absolute Gasteiger partial charge is 0.336 e. The second kappa shape index (κ2) is 8.36. The van der Waals surface area contributed by atoms with Crippen LogP contribution in [0.4, 0.5) is 14.7 Å². The van der Waals surface area contributed by atoms with Gasteiger partial charge < -0.3 is 10.4 Å². The molecule has 168 valence electrons.